The van der Waals surface area contributed by atoms with Crippen molar-refractivity contribution in [1.82, 2.24) is 30.2 Å². The van der Waals surface area contributed by atoms with Crippen molar-refractivity contribution in [2.75, 3.05) is 37.8 Å². The van der Waals surface area contributed by atoms with Gasteiger partial charge < -0.3 is 56.0 Å². The van der Waals surface area contributed by atoms with Crippen LogP contribution in [0.2, 0.25) is 0 Å². The fourth-order valence-corrected chi connectivity index (χ4v) is 12.0. The molecule has 1 saturated heterocycles. The van der Waals surface area contributed by atoms with Crippen LogP contribution < -0.4 is 16.4 Å². The minimum Gasteiger partial charge on any atom is -0.393 e. The highest BCUT2D eigenvalue weighted by atomic mass is 32.2. The second-order valence-corrected chi connectivity index (χ2v) is 25.4. The average Bonchev–Trinajstić information content (AvgIpc) is 3.91. The fourth-order valence-electron chi connectivity index (χ4n) is 8.46. The predicted molar refractivity (Wildman–Crippen MR) is 285 cm³/mol. The van der Waals surface area contributed by atoms with E-state index < -0.39 is 90.7 Å². The normalized spacial score (nSPS) is 19.6. The summed E-state index contributed by atoms with van der Waals surface area (Å²) in [6.45, 7) is 2.68. The number of phosphoric acid groups is 3. The van der Waals surface area contributed by atoms with Crippen LogP contribution in [0.3, 0.4) is 0 Å². The number of aliphatic hydroxyl groups excluding tert-OH is 3. The Morgan fingerprint density at radius 3 is 1.88 bits per heavy atom. The Labute approximate surface area is 450 Å². The molecule has 8 atom stereocenters. The number of thioether (sulfide) groups is 1. The minimum absolute atomic E-state index is 0.0275. The number of ether oxygens (including phenoxy) is 1. The minimum atomic E-state index is -5.59. The first-order valence-corrected chi connectivity index (χ1v) is 32.2. The van der Waals surface area contributed by atoms with Crippen LogP contribution in [0.4, 0.5) is 5.82 Å². The lowest BCUT2D eigenvalue weighted by molar-refractivity contribution is -0.137. The smallest absolute Gasteiger partial charge is 0.393 e. The number of hydrogen-bond acceptors (Lipinski definition) is 19. The first-order valence-electron chi connectivity index (χ1n) is 26.7. The topological polar surface area (TPSA) is 384 Å². The molecule has 25 nitrogen and oxygen atoms in total. The zero-order valence-electron chi connectivity index (χ0n) is 44.4. The van der Waals surface area contributed by atoms with Gasteiger partial charge in [-0.15, -0.1) is 0 Å². The van der Waals surface area contributed by atoms with Crippen molar-refractivity contribution in [1.29, 1.82) is 0 Å². The number of imidazole rings is 1. The Morgan fingerprint density at radius 1 is 0.789 bits per heavy atom. The van der Waals surface area contributed by atoms with Crippen LogP contribution >= 0.6 is 35.2 Å². The maximum Gasteiger partial charge on any atom is 0.481 e. The number of unbranched alkanes of at least 4 members (excludes halogenated alkanes) is 20. The van der Waals surface area contributed by atoms with Gasteiger partial charge in [-0.3, -0.25) is 32.5 Å². The van der Waals surface area contributed by atoms with Gasteiger partial charge >= 0.3 is 23.5 Å². The number of nitrogens with one attached hydrogen (secondary N) is 2. The highest BCUT2D eigenvalue weighted by Crippen LogP contribution is 2.61. The molecule has 2 aromatic heterocycles. The van der Waals surface area contributed by atoms with Gasteiger partial charge in [0, 0.05) is 37.1 Å². The molecule has 1 fully saturated rings. The summed E-state index contributed by atoms with van der Waals surface area (Å²) in [4.78, 5) is 88.7. The highest BCUT2D eigenvalue weighted by Gasteiger charge is 2.50. The second kappa shape index (κ2) is 35.3. The van der Waals surface area contributed by atoms with E-state index in [1.54, 1.807) is 0 Å². The third kappa shape index (κ3) is 27.1. The Morgan fingerprint density at radius 2 is 1.33 bits per heavy atom. The molecule has 0 aromatic carbocycles. The molecule has 76 heavy (non-hydrogen) atoms. The molecule has 29 heteroatoms. The number of nitrogen functional groups attached to an aromatic ring is 1. The molecule has 0 radical (unpaired) electrons. The van der Waals surface area contributed by atoms with Crippen molar-refractivity contribution in [3.63, 3.8) is 0 Å². The Balaban J connectivity index is 1.22. The molecule has 438 valence electrons. The van der Waals surface area contributed by atoms with Gasteiger partial charge in [-0.25, -0.2) is 28.6 Å². The molecular weight excluding hydrogens is 1080 g/mol. The van der Waals surface area contributed by atoms with Gasteiger partial charge in [-0.2, -0.15) is 4.31 Å². The number of nitrogens with zero attached hydrogens (tertiary/aromatic N) is 4. The van der Waals surface area contributed by atoms with Crippen molar-refractivity contribution >= 4 is 69.1 Å². The number of carbonyl (C=O) groups is 3. The van der Waals surface area contributed by atoms with E-state index in [-0.39, 0.29) is 53.8 Å². The summed E-state index contributed by atoms with van der Waals surface area (Å²) in [7, 11) is -16.4. The second-order valence-electron chi connectivity index (χ2n) is 20.0. The van der Waals surface area contributed by atoms with Crippen LogP contribution in [0.5, 0.6) is 0 Å². The summed E-state index contributed by atoms with van der Waals surface area (Å²) in [5, 5.41) is 36.8. The van der Waals surface area contributed by atoms with E-state index in [1.165, 1.54) is 129 Å². The van der Waals surface area contributed by atoms with Gasteiger partial charge in [-0.05, 0) is 6.42 Å². The standard InChI is InChI=1S/C47H86N7O18P3S/c1-4-5-6-7-8-9-10-11-12-13-14-15-16-17-18-19-20-21-22-23-24-25-35(55)30-38(57)76-29-28-49-37(56)26-27-50-45(60)42(59)47(2,3)32-69-75(66,67)72-74(64,65)68-31-36-41(71-73(61,62)63)40(58)46(70-36)54-34-53-39-43(48)51-33-52-44(39)54/h33-36,40-42,46,55,58-59H,4-32H2,1-3H3,(H,49,56)(H,50,60)(H,64,65)(H,66,67)(H2,48,51,52)(H2,61,62,63)/t35?,36-,40-,41-,42+,46-/m1/s1. The molecule has 2 amide bonds. The number of nitrogens with two attached hydrogens (primary N) is 1. The van der Waals surface area contributed by atoms with Crippen LogP contribution in [-0.2, 0) is 50.7 Å². The number of carbonyl (C=O) groups excluding carboxylic acids is 3. The molecule has 3 heterocycles. The van der Waals surface area contributed by atoms with Crippen LogP contribution in [0, 0.1) is 5.41 Å². The van der Waals surface area contributed by atoms with Gasteiger partial charge in [0.25, 0.3) is 0 Å². The van der Waals surface area contributed by atoms with E-state index in [9.17, 15) is 63.0 Å². The lowest BCUT2D eigenvalue weighted by Gasteiger charge is -2.30. The zero-order chi connectivity index (χ0) is 56.2. The van der Waals surface area contributed by atoms with Crippen molar-refractivity contribution < 1.29 is 85.6 Å². The zero-order valence-corrected chi connectivity index (χ0v) is 47.9. The van der Waals surface area contributed by atoms with Crippen LogP contribution in [0.25, 0.3) is 11.2 Å². The van der Waals surface area contributed by atoms with Gasteiger partial charge in [0.1, 0.15) is 36.3 Å². The van der Waals surface area contributed by atoms with E-state index in [0.717, 1.165) is 48.2 Å². The summed E-state index contributed by atoms with van der Waals surface area (Å²) in [5.74, 6) is -1.21. The van der Waals surface area contributed by atoms with E-state index >= 15 is 0 Å². The molecule has 0 bridgehead atoms. The number of amides is 2. The molecule has 11 N–H and O–H groups in total. The molecule has 1 aliphatic rings. The third-order valence-electron chi connectivity index (χ3n) is 12.8. The molecule has 0 saturated carbocycles. The summed E-state index contributed by atoms with van der Waals surface area (Å²) in [5.41, 5.74) is 4.27. The molecule has 3 unspecified atom stereocenters. The average molecular weight is 1160 g/mol. The molecule has 0 spiro atoms. The lowest BCUT2D eigenvalue weighted by Crippen LogP contribution is -2.46. The molecule has 3 rings (SSSR count). The fraction of sp³-hybridized carbons (Fsp3) is 0.830. The van der Waals surface area contributed by atoms with Gasteiger partial charge in [0.05, 0.1) is 25.6 Å². The van der Waals surface area contributed by atoms with E-state index in [2.05, 4.69) is 41.3 Å². The lowest BCUT2D eigenvalue weighted by atomic mass is 9.87. The number of rotatable bonds is 43. The Hall–Kier alpha value is -2.48. The maximum absolute atomic E-state index is 12.8. The first kappa shape index (κ1) is 67.8. The number of hydrogen-bond donors (Lipinski definition) is 10. The Kier molecular flexibility index (Phi) is 31.5. The SMILES string of the molecule is CCCCCCCCCCCCCCCCCCCCCCCC(O)CC(=O)SCCNC(=O)CCNC(=O)[C@H](O)C(C)(C)COP(=O)(O)OP(=O)(O)OC[C@H]1O[C@@H](n2cnc3c(N)ncnc32)[C@H](O)[C@@H]1OP(=O)(O)O. The quantitative estimate of drug-likeness (QED) is 0.0235. The maximum atomic E-state index is 12.8. The van der Waals surface area contributed by atoms with E-state index in [0.29, 0.717) is 6.42 Å². The number of fused-ring (bicyclic) bond motifs is 1. The van der Waals surface area contributed by atoms with Crippen molar-refractivity contribution in [3.8, 4) is 0 Å². The molecule has 0 aliphatic carbocycles. The Bertz CT molecular complexity index is 2180. The highest BCUT2D eigenvalue weighted by molar-refractivity contribution is 8.13. The molecule has 2 aromatic rings. The molecular formula is C47H86N7O18P3S. The largest absolute Gasteiger partial charge is 0.481 e. The summed E-state index contributed by atoms with van der Waals surface area (Å²) >= 11 is 1.01. The number of aliphatic hydroxyl groups is 3. The van der Waals surface area contributed by atoms with E-state index in [4.69, 9.17) is 19.5 Å². The monoisotopic (exact) mass is 1160 g/mol. The third-order valence-corrected chi connectivity index (χ3v) is 16.8. The first-order chi connectivity index (χ1) is 35.9. The predicted octanol–water partition coefficient (Wildman–Crippen LogP) is 7.02. The van der Waals surface area contributed by atoms with Crippen LogP contribution in [-0.4, -0.2) is 134 Å². The van der Waals surface area contributed by atoms with Crippen LogP contribution in [0.15, 0.2) is 12.7 Å². The van der Waals surface area contributed by atoms with Crippen molar-refractivity contribution in [3.05, 3.63) is 12.7 Å². The summed E-state index contributed by atoms with van der Waals surface area (Å²) < 4.78 is 62.5. The van der Waals surface area contributed by atoms with Gasteiger partial charge in [0.2, 0.25) is 11.8 Å². The molecule has 1 aliphatic heterocycles. The van der Waals surface area contributed by atoms with Crippen molar-refractivity contribution in [2.24, 2.45) is 5.41 Å². The van der Waals surface area contributed by atoms with E-state index in [1.807, 2.05) is 0 Å². The summed E-state index contributed by atoms with van der Waals surface area (Å²) in [6, 6.07) is 0. The van der Waals surface area contributed by atoms with Crippen molar-refractivity contribution in [2.45, 2.75) is 212 Å². The number of anilines is 1. The summed E-state index contributed by atoms with van der Waals surface area (Å²) in [6.07, 6.45) is 20.2. The van der Waals surface area contributed by atoms with Gasteiger partial charge in [-0.1, -0.05) is 167 Å². The number of phosphoric ester groups is 3. The van der Waals surface area contributed by atoms with Gasteiger partial charge in [0.15, 0.2) is 22.8 Å². The number of aromatic nitrogens is 4. The van der Waals surface area contributed by atoms with Crippen LogP contribution in [0.1, 0.15) is 181 Å².